The minimum absolute atomic E-state index is 0.000206. The van der Waals surface area contributed by atoms with Crippen molar-refractivity contribution in [2.75, 3.05) is 18.1 Å². The highest BCUT2D eigenvalue weighted by molar-refractivity contribution is 7.92. The number of sulfone groups is 1. The quantitative estimate of drug-likeness (QED) is 0.727. The summed E-state index contributed by atoms with van der Waals surface area (Å²) in [6, 6.07) is 7.54. The molecule has 1 fully saturated rings. The standard InChI is InChI=1S/C17H20N2O6S2/c20-16(21)7-3-10-19(14-8-11-26(22,23)12-14)27(24,25)15-6-1-4-13-5-2-9-18-17(13)15/h1-2,4-6,9,14H,3,7-8,10-12H2,(H,20,21)/t14-/m1/s1. The van der Waals surface area contributed by atoms with E-state index in [1.165, 1.54) is 12.3 Å². The summed E-state index contributed by atoms with van der Waals surface area (Å²) >= 11 is 0. The molecule has 2 aromatic rings. The third kappa shape index (κ3) is 4.28. The Labute approximate surface area is 157 Å². The zero-order chi connectivity index (χ0) is 19.7. The average Bonchev–Trinajstić information content (AvgIpc) is 2.97. The lowest BCUT2D eigenvalue weighted by molar-refractivity contribution is -0.137. The second kappa shape index (κ2) is 7.53. The topological polar surface area (TPSA) is 122 Å². The number of para-hydroxylation sites is 1. The number of carboxylic acid groups (broad SMARTS) is 1. The highest BCUT2D eigenvalue weighted by atomic mass is 32.2. The number of fused-ring (bicyclic) bond motifs is 1. The van der Waals surface area contributed by atoms with E-state index in [0.29, 0.717) is 10.9 Å². The van der Waals surface area contributed by atoms with E-state index in [2.05, 4.69) is 4.98 Å². The number of pyridine rings is 1. The summed E-state index contributed by atoms with van der Waals surface area (Å²) in [7, 11) is -7.35. The molecule has 0 aliphatic carbocycles. The van der Waals surface area contributed by atoms with Crippen LogP contribution in [0.4, 0.5) is 0 Å². The third-order valence-electron chi connectivity index (χ3n) is 4.57. The predicted octanol–water partition coefficient (Wildman–Crippen LogP) is 1.28. The summed E-state index contributed by atoms with van der Waals surface area (Å²) in [5.74, 6) is -1.35. The first-order chi connectivity index (χ1) is 12.7. The minimum Gasteiger partial charge on any atom is -0.481 e. The molecule has 10 heteroatoms. The molecule has 1 N–H and O–H groups in total. The van der Waals surface area contributed by atoms with Crippen LogP contribution in [0, 0.1) is 0 Å². The number of sulfonamides is 1. The number of aromatic nitrogens is 1. The van der Waals surface area contributed by atoms with Gasteiger partial charge in [0.25, 0.3) is 0 Å². The van der Waals surface area contributed by atoms with Crippen LogP contribution in [0.15, 0.2) is 41.4 Å². The van der Waals surface area contributed by atoms with Crippen molar-refractivity contribution < 1.29 is 26.7 Å². The zero-order valence-electron chi connectivity index (χ0n) is 14.5. The number of nitrogens with zero attached hydrogens (tertiary/aromatic N) is 2. The van der Waals surface area contributed by atoms with Crippen LogP contribution in [0.5, 0.6) is 0 Å². The first-order valence-corrected chi connectivity index (χ1v) is 11.7. The van der Waals surface area contributed by atoms with Crippen LogP contribution in [0.1, 0.15) is 19.3 Å². The molecule has 1 aliphatic heterocycles. The Morgan fingerprint density at radius 1 is 1.26 bits per heavy atom. The lowest BCUT2D eigenvalue weighted by atomic mass is 10.2. The van der Waals surface area contributed by atoms with E-state index >= 15 is 0 Å². The Hall–Kier alpha value is -2.04. The fourth-order valence-electron chi connectivity index (χ4n) is 3.30. The smallest absolute Gasteiger partial charge is 0.303 e. The van der Waals surface area contributed by atoms with Crippen LogP contribution in [0.3, 0.4) is 0 Å². The van der Waals surface area contributed by atoms with Crippen LogP contribution >= 0.6 is 0 Å². The lowest BCUT2D eigenvalue weighted by Crippen LogP contribution is -2.42. The highest BCUT2D eigenvalue weighted by Gasteiger charge is 2.39. The van der Waals surface area contributed by atoms with Crippen molar-refractivity contribution in [1.29, 1.82) is 0 Å². The Morgan fingerprint density at radius 3 is 2.67 bits per heavy atom. The van der Waals surface area contributed by atoms with Crippen molar-refractivity contribution in [2.24, 2.45) is 0 Å². The average molecular weight is 412 g/mol. The molecule has 0 saturated carbocycles. The Kier molecular flexibility index (Phi) is 5.50. The van der Waals surface area contributed by atoms with Gasteiger partial charge in [0, 0.05) is 30.6 Å². The maximum atomic E-state index is 13.4. The molecular formula is C17H20N2O6S2. The summed E-state index contributed by atoms with van der Waals surface area (Å²) in [6.07, 6.45) is 1.60. The Balaban J connectivity index is 2.02. The number of benzene rings is 1. The summed E-state index contributed by atoms with van der Waals surface area (Å²) in [4.78, 5) is 15.0. The van der Waals surface area contributed by atoms with Gasteiger partial charge in [-0.3, -0.25) is 9.78 Å². The molecule has 27 heavy (non-hydrogen) atoms. The molecule has 0 unspecified atom stereocenters. The first-order valence-electron chi connectivity index (χ1n) is 8.48. The van der Waals surface area contributed by atoms with Crippen molar-refractivity contribution in [3.8, 4) is 0 Å². The first kappa shape index (κ1) is 19.7. The SMILES string of the molecule is O=C(O)CCCN([C@@H]1CCS(=O)(=O)C1)S(=O)(=O)c1cccc2cccnc12. The van der Waals surface area contributed by atoms with Crippen molar-refractivity contribution in [2.45, 2.75) is 30.2 Å². The van der Waals surface area contributed by atoms with Gasteiger partial charge in [-0.1, -0.05) is 18.2 Å². The maximum Gasteiger partial charge on any atom is 0.303 e. The van der Waals surface area contributed by atoms with Crippen molar-refractivity contribution >= 4 is 36.7 Å². The molecule has 0 bridgehead atoms. The summed E-state index contributed by atoms with van der Waals surface area (Å²) in [5.41, 5.74) is 0.309. The maximum absolute atomic E-state index is 13.4. The molecule has 1 atom stereocenters. The van der Waals surface area contributed by atoms with Gasteiger partial charge in [0.2, 0.25) is 10.0 Å². The zero-order valence-corrected chi connectivity index (χ0v) is 16.1. The van der Waals surface area contributed by atoms with E-state index in [0.717, 1.165) is 4.31 Å². The molecule has 0 radical (unpaired) electrons. The fourth-order valence-corrected chi connectivity index (χ4v) is 6.98. The van der Waals surface area contributed by atoms with Gasteiger partial charge < -0.3 is 5.11 Å². The molecule has 3 rings (SSSR count). The molecule has 0 spiro atoms. The molecule has 1 aliphatic rings. The van der Waals surface area contributed by atoms with Gasteiger partial charge in [0.1, 0.15) is 4.90 Å². The van der Waals surface area contributed by atoms with Crippen LogP contribution in [0.2, 0.25) is 0 Å². The van der Waals surface area contributed by atoms with E-state index in [4.69, 9.17) is 5.11 Å². The van der Waals surface area contributed by atoms with E-state index in [-0.39, 0.29) is 42.2 Å². The largest absolute Gasteiger partial charge is 0.481 e. The van der Waals surface area contributed by atoms with Gasteiger partial charge >= 0.3 is 5.97 Å². The molecule has 8 nitrogen and oxygen atoms in total. The van der Waals surface area contributed by atoms with E-state index in [9.17, 15) is 21.6 Å². The third-order valence-corrected chi connectivity index (χ3v) is 8.30. The van der Waals surface area contributed by atoms with Gasteiger partial charge in [0.15, 0.2) is 9.84 Å². The lowest BCUT2D eigenvalue weighted by Gasteiger charge is -2.27. The number of carbonyl (C=O) groups is 1. The number of carboxylic acids is 1. The van der Waals surface area contributed by atoms with Gasteiger partial charge in [-0.25, -0.2) is 16.8 Å². The number of rotatable bonds is 7. The molecule has 1 aromatic heterocycles. The molecule has 146 valence electrons. The van der Waals surface area contributed by atoms with Crippen LogP contribution in [0.25, 0.3) is 10.9 Å². The second-order valence-corrected chi connectivity index (χ2v) is 10.6. The second-order valence-electron chi connectivity index (χ2n) is 6.50. The van der Waals surface area contributed by atoms with Gasteiger partial charge in [0.05, 0.1) is 17.0 Å². The molecule has 1 aromatic carbocycles. The monoisotopic (exact) mass is 412 g/mol. The van der Waals surface area contributed by atoms with Crippen molar-refractivity contribution in [3.05, 3.63) is 36.5 Å². The highest BCUT2D eigenvalue weighted by Crippen LogP contribution is 2.29. The van der Waals surface area contributed by atoms with E-state index in [1.807, 2.05) is 0 Å². The minimum atomic E-state index is -4.05. The molecular weight excluding hydrogens is 392 g/mol. The number of aliphatic carboxylic acids is 1. The van der Waals surface area contributed by atoms with Crippen LogP contribution in [-0.2, 0) is 24.7 Å². The van der Waals surface area contributed by atoms with Crippen molar-refractivity contribution in [3.63, 3.8) is 0 Å². The van der Waals surface area contributed by atoms with E-state index < -0.39 is 31.9 Å². The fraction of sp³-hybridized carbons (Fsp3) is 0.412. The van der Waals surface area contributed by atoms with Crippen LogP contribution in [-0.4, -0.2) is 61.3 Å². The summed E-state index contributed by atoms with van der Waals surface area (Å²) in [5, 5.41) is 9.52. The van der Waals surface area contributed by atoms with Gasteiger partial charge in [-0.15, -0.1) is 0 Å². The predicted molar refractivity (Wildman–Crippen MR) is 99.6 cm³/mol. The Bertz CT molecular complexity index is 1060. The molecule has 2 heterocycles. The number of hydrogen-bond acceptors (Lipinski definition) is 6. The van der Waals surface area contributed by atoms with E-state index in [1.54, 1.807) is 24.3 Å². The summed E-state index contributed by atoms with van der Waals surface area (Å²) in [6.45, 7) is -0.0575. The van der Waals surface area contributed by atoms with Crippen molar-refractivity contribution in [1.82, 2.24) is 9.29 Å². The normalized spacial score (nSPS) is 19.5. The Morgan fingerprint density at radius 2 is 2.00 bits per heavy atom. The van der Waals surface area contributed by atoms with Crippen LogP contribution < -0.4 is 0 Å². The molecule has 1 saturated heterocycles. The molecule has 0 amide bonds. The van der Waals surface area contributed by atoms with Gasteiger partial charge in [-0.2, -0.15) is 4.31 Å². The number of hydrogen-bond donors (Lipinski definition) is 1. The van der Waals surface area contributed by atoms with Gasteiger partial charge in [-0.05, 0) is 25.0 Å². The summed E-state index contributed by atoms with van der Waals surface area (Å²) < 4.78 is 51.6.